The average Bonchev–Trinajstić information content (AvgIpc) is 2.64. The standard InChI is InChI=1S/C13H18N2S/c1-10-4-3-5-12(8-10)6-7-14-13-15-9-11(2)16-13/h3-5,8,11H,6-7,9H2,1-2H3,(H,14,15). The van der Waals surface area contributed by atoms with E-state index in [0.29, 0.717) is 5.25 Å². The van der Waals surface area contributed by atoms with Gasteiger partial charge in [0.25, 0.3) is 0 Å². The molecule has 2 rings (SSSR count). The maximum absolute atomic E-state index is 4.43. The van der Waals surface area contributed by atoms with Crippen molar-refractivity contribution in [3.63, 3.8) is 0 Å². The summed E-state index contributed by atoms with van der Waals surface area (Å²) in [5, 5.41) is 5.14. The monoisotopic (exact) mass is 234 g/mol. The minimum Gasteiger partial charge on any atom is -0.365 e. The van der Waals surface area contributed by atoms with Gasteiger partial charge in [0.15, 0.2) is 5.17 Å². The van der Waals surface area contributed by atoms with Gasteiger partial charge >= 0.3 is 0 Å². The number of nitrogens with zero attached hydrogens (tertiary/aromatic N) is 1. The molecule has 16 heavy (non-hydrogen) atoms. The van der Waals surface area contributed by atoms with Gasteiger partial charge in [-0.3, -0.25) is 4.99 Å². The number of benzene rings is 1. The van der Waals surface area contributed by atoms with Crippen LogP contribution in [0.3, 0.4) is 0 Å². The molecule has 1 aliphatic rings. The summed E-state index contributed by atoms with van der Waals surface area (Å²) in [7, 11) is 0. The van der Waals surface area contributed by atoms with Crippen molar-refractivity contribution in [1.29, 1.82) is 0 Å². The highest BCUT2D eigenvalue weighted by molar-refractivity contribution is 8.14. The molecule has 1 aliphatic heterocycles. The van der Waals surface area contributed by atoms with Crippen LogP contribution < -0.4 is 5.32 Å². The number of hydrogen-bond acceptors (Lipinski definition) is 3. The first kappa shape index (κ1) is 11.5. The maximum Gasteiger partial charge on any atom is 0.156 e. The second kappa shape index (κ2) is 5.39. The van der Waals surface area contributed by atoms with E-state index in [9.17, 15) is 0 Å². The molecule has 1 N–H and O–H groups in total. The molecule has 86 valence electrons. The first-order valence-corrected chi connectivity index (χ1v) is 6.62. The van der Waals surface area contributed by atoms with E-state index in [1.54, 1.807) is 0 Å². The molecule has 0 saturated heterocycles. The third kappa shape index (κ3) is 3.27. The van der Waals surface area contributed by atoms with Crippen LogP contribution in [0.15, 0.2) is 29.3 Å². The Morgan fingerprint density at radius 3 is 3.06 bits per heavy atom. The lowest BCUT2D eigenvalue weighted by molar-refractivity contribution is 0.869. The second-order valence-corrected chi connectivity index (χ2v) is 5.67. The van der Waals surface area contributed by atoms with Gasteiger partial charge in [-0.15, -0.1) is 0 Å². The lowest BCUT2D eigenvalue weighted by atomic mass is 10.1. The van der Waals surface area contributed by atoms with Gasteiger partial charge in [0.1, 0.15) is 0 Å². The maximum atomic E-state index is 4.43. The predicted molar refractivity (Wildman–Crippen MR) is 72.2 cm³/mol. The third-order valence-electron chi connectivity index (χ3n) is 2.58. The Kier molecular flexibility index (Phi) is 3.88. The molecule has 1 aromatic rings. The van der Waals surface area contributed by atoms with Crippen LogP contribution >= 0.6 is 11.8 Å². The molecule has 3 heteroatoms. The minimum atomic E-state index is 0.640. The number of thioether (sulfide) groups is 1. The van der Waals surface area contributed by atoms with Crippen molar-refractivity contribution < 1.29 is 0 Å². The summed E-state index contributed by atoms with van der Waals surface area (Å²) in [5.41, 5.74) is 2.72. The predicted octanol–water partition coefficient (Wildman–Crippen LogP) is 2.62. The van der Waals surface area contributed by atoms with E-state index in [2.05, 4.69) is 48.4 Å². The summed E-state index contributed by atoms with van der Waals surface area (Å²) in [6, 6.07) is 8.68. The molecule has 0 fully saturated rings. The van der Waals surface area contributed by atoms with Gasteiger partial charge in [0.05, 0.1) is 6.54 Å². The zero-order valence-electron chi connectivity index (χ0n) is 9.86. The molecular weight excluding hydrogens is 216 g/mol. The smallest absolute Gasteiger partial charge is 0.156 e. The fraction of sp³-hybridized carbons (Fsp3) is 0.462. The quantitative estimate of drug-likeness (QED) is 0.869. The zero-order valence-corrected chi connectivity index (χ0v) is 10.7. The highest BCUT2D eigenvalue weighted by atomic mass is 32.2. The molecule has 1 aromatic carbocycles. The molecule has 0 spiro atoms. The van der Waals surface area contributed by atoms with Gasteiger partial charge in [-0.25, -0.2) is 0 Å². The van der Waals surface area contributed by atoms with Crippen molar-refractivity contribution in [2.75, 3.05) is 13.1 Å². The zero-order chi connectivity index (χ0) is 11.4. The van der Waals surface area contributed by atoms with Crippen molar-refractivity contribution in [3.8, 4) is 0 Å². The van der Waals surface area contributed by atoms with Crippen molar-refractivity contribution >= 4 is 16.9 Å². The van der Waals surface area contributed by atoms with Crippen LogP contribution in [0.2, 0.25) is 0 Å². The van der Waals surface area contributed by atoms with E-state index >= 15 is 0 Å². The van der Waals surface area contributed by atoms with Gasteiger partial charge in [0, 0.05) is 11.8 Å². The summed E-state index contributed by atoms with van der Waals surface area (Å²) in [5.74, 6) is 0. The molecule has 0 bridgehead atoms. The summed E-state index contributed by atoms with van der Waals surface area (Å²) >= 11 is 1.84. The Labute approximate surface area is 102 Å². The fourth-order valence-electron chi connectivity index (χ4n) is 1.76. The van der Waals surface area contributed by atoms with Gasteiger partial charge in [0.2, 0.25) is 0 Å². The van der Waals surface area contributed by atoms with Crippen LogP contribution in [0.4, 0.5) is 0 Å². The Balaban J connectivity index is 1.76. The van der Waals surface area contributed by atoms with Crippen molar-refractivity contribution in [1.82, 2.24) is 5.32 Å². The topological polar surface area (TPSA) is 24.4 Å². The van der Waals surface area contributed by atoms with E-state index in [1.807, 2.05) is 11.8 Å². The summed E-state index contributed by atoms with van der Waals surface area (Å²) < 4.78 is 0. The Hall–Kier alpha value is -0.960. The molecule has 1 atom stereocenters. The Morgan fingerprint density at radius 1 is 1.50 bits per heavy atom. The van der Waals surface area contributed by atoms with E-state index in [-0.39, 0.29) is 0 Å². The van der Waals surface area contributed by atoms with Crippen molar-refractivity contribution in [3.05, 3.63) is 35.4 Å². The first-order chi connectivity index (χ1) is 7.74. The molecule has 0 saturated carbocycles. The molecule has 0 amide bonds. The van der Waals surface area contributed by atoms with Gasteiger partial charge < -0.3 is 5.32 Å². The van der Waals surface area contributed by atoms with Crippen LogP contribution in [-0.4, -0.2) is 23.5 Å². The SMILES string of the molecule is Cc1cccc(CCNC2=NCC(C)S2)c1. The summed E-state index contributed by atoms with van der Waals surface area (Å²) in [4.78, 5) is 4.43. The number of rotatable bonds is 3. The van der Waals surface area contributed by atoms with Gasteiger partial charge in [-0.05, 0) is 18.9 Å². The molecular formula is C13H18N2S. The second-order valence-electron chi connectivity index (χ2n) is 4.24. The minimum absolute atomic E-state index is 0.640. The number of amidine groups is 1. The molecule has 1 heterocycles. The lowest BCUT2D eigenvalue weighted by Crippen LogP contribution is -2.22. The number of aryl methyl sites for hydroxylation is 1. The number of hydrogen-bond donors (Lipinski definition) is 1. The van der Waals surface area contributed by atoms with Crippen LogP contribution in [0.25, 0.3) is 0 Å². The van der Waals surface area contributed by atoms with Crippen LogP contribution in [0, 0.1) is 6.92 Å². The van der Waals surface area contributed by atoms with E-state index in [4.69, 9.17) is 0 Å². The summed E-state index contributed by atoms with van der Waals surface area (Å²) in [6.07, 6.45) is 1.07. The lowest BCUT2D eigenvalue weighted by Gasteiger charge is -2.06. The first-order valence-electron chi connectivity index (χ1n) is 5.74. The molecule has 1 unspecified atom stereocenters. The molecule has 2 nitrogen and oxygen atoms in total. The summed E-state index contributed by atoms with van der Waals surface area (Å²) in [6.45, 7) is 6.28. The molecule has 0 radical (unpaired) electrons. The highest BCUT2D eigenvalue weighted by Crippen LogP contribution is 2.18. The Morgan fingerprint density at radius 2 is 2.38 bits per heavy atom. The molecule has 0 aromatic heterocycles. The highest BCUT2D eigenvalue weighted by Gasteiger charge is 2.13. The molecule has 0 aliphatic carbocycles. The van der Waals surface area contributed by atoms with Crippen LogP contribution in [0.5, 0.6) is 0 Å². The van der Waals surface area contributed by atoms with E-state index < -0.39 is 0 Å². The van der Waals surface area contributed by atoms with Gasteiger partial charge in [-0.1, -0.05) is 48.5 Å². The van der Waals surface area contributed by atoms with Crippen molar-refractivity contribution in [2.45, 2.75) is 25.5 Å². The largest absolute Gasteiger partial charge is 0.365 e. The van der Waals surface area contributed by atoms with E-state index in [1.165, 1.54) is 11.1 Å². The van der Waals surface area contributed by atoms with Crippen LogP contribution in [-0.2, 0) is 6.42 Å². The normalized spacial score (nSPS) is 19.6. The third-order valence-corrected chi connectivity index (χ3v) is 3.63. The fourth-order valence-corrected chi connectivity index (χ4v) is 2.62. The van der Waals surface area contributed by atoms with Gasteiger partial charge in [-0.2, -0.15) is 0 Å². The van der Waals surface area contributed by atoms with Crippen molar-refractivity contribution in [2.24, 2.45) is 4.99 Å². The number of aliphatic imine (C=N–C) groups is 1. The van der Waals surface area contributed by atoms with E-state index in [0.717, 1.165) is 24.7 Å². The number of nitrogens with one attached hydrogen (secondary N) is 1. The van der Waals surface area contributed by atoms with Crippen LogP contribution in [0.1, 0.15) is 18.1 Å². The Bertz CT molecular complexity index is 387. The average molecular weight is 234 g/mol.